The maximum absolute atomic E-state index is 11.8. The van der Waals surface area contributed by atoms with Crippen LogP contribution in [0.3, 0.4) is 0 Å². The summed E-state index contributed by atoms with van der Waals surface area (Å²) in [5, 5.41) is 0. The van der Waals surface area contributed by atoms with Crippen molar-refractivity contribution < 1.29 is 17.9 Å². The van der Waals surface area contributed by atoms with Gasteiger partial charge in [0.2, 0.25) is 10.0 Å². The third-order valence-corrected chi connectivity index (χ3v) is 7.77. The number of aryl methyl sites for hydroxylation is 1. The summed E-state index contributed by atoms with van der Waals surface area (Å²) in [6.45, 7) is 5.73. The Bertz CT molecular complexity index is 788. The van der Waals surface area contributed by atoms with Crippen molar-refractivity contribution in [3.05, 3.63) is 23.3 Å². The summed E-state index contributed by atoms with van der Waals surface area (Å²) >= 11 is 0. The van der Waals surface area contributed by atoms with Crippen LogP contribution in [0.1, 0.15) is 43.7 Å². The minimum atomic E-state index is -3.06. The number of hydrogen-bond acceptors (Lipinski definition) is 5. The van der Waals surface area contributed by atoms with Crippen LogP contribution >= 0.6 is 0 Å². The van der Waals surface area contributed by atoms with Crippen molar-refractivity contribution in [2.24, 2.45) is 5.92 Å². The lowest BCUT2D eigenvalue weighted by atomic mass is 9.86. The number of benzene rings is 1. The van der Waals surface area contributed by atoms with Crippen molar-refractivity contribution in [3.8, 4) is 11.5 Å². The first kappa shape index (κ1) is 22.4. The van der Waals surface area contributed by atoms with Crippen LogP contribution in [0.2, 0.25) is 0 Å². The van der Waals surface area contributed by atoms with Gasteiger partial charge in [-0.2, -0.15) is 0 Å². The monoisotopic (exact) mass is 424 g/mol. The van der Waals surface area contributed by atoms with Crippen molar-refractivity contribution in [2.75, 3.05) is 46.7 Å². The van der Waals surface area contributed by atoms with Crippen LogP contribution in [-0.2, 0) is 22.9 Å². The van der Waals surface area contributed by atoms with Crippen LogP contribution in [0.4, 0.5) is 0 Å². The van der Waals surface area contributed by atoms with Crippen molar-refractivity contribution in [3.63, 3.8) is 0 Å². The van der Waals surface area contributed by atoms with Gasteiger partial charge in [0.15, 0.2) is 11.5 Å². The van der Waals surface area contributed by atoms with E-state index in [4.69, 9.17) is 9.47 Å². The molecule has 1 saturated heterocycles. The fourth-order valence-corrected chi connectivity index (χ4v) is 5.72. The van der Waals surface area contributed by atoms with Crippen molar-refractivity contribution in [2.45, 2.75) is 51.5 Å². The molecule has 0 amide bonds. The summed E-state index contributed by atoms with van der Waals surface area (Å²) in [6.07, 6.45) is 7.63. The molecule has 0 radical (unpaired) electrons. The second-order valence-corrected chi connectivity index (χ2v) is 10.5. The van der Waals surface area contributed by atoms with Crippen molar-refractivity contribution >= 4 is 10.0 Å². The summed E-state index contributed by atoms with van der Waals surface area (Å²) in [4.78, 5) is 2.65. The van der Waals surface area contributed by atoms with Gasteiger partial charge in [-0.1, -0.05) is 6.92 Å². The molecule has 1 heterocycles. The first-order valence-corrected chi connectivity index (χ1v) is 12.6. The van der Waals surface area contributed by atoms with E-state index in [2.05, 4.69) is 24.0 Å². The number of rotatable bonds is 8. The molecule has 2 aliphatic rings. The molecule has 29 heavy (non-hydrogen) atoms. The van der Waals surface area contributed by atoms with E-state index in [-0.39, 0.29) is 0 Å². The zero-order chi connectivity index (χ0) is 21.0. The topological polar surface area (TPSA) is 59.1 Å². The first-order chi connectivity index (χ1) is 13.9. The maximum Gasteiger partial charge on any atom is 0.211 e. The van der Waals surface area contributed by atoms with Gasteiger partial charge >= 0.3 is 0 Å². The number of hydrogen-bond donors (Lipinski definition) is 0. The highest BCUT2D eigenvalue weighted by Crippen LogP contribution is 2.35. The number of methoxy groups -OCH3 is 2. The molecule has 1 aliphatic heterocycles. The second kappa shape index (κ2) is 9.67. The second-order valence-electron chi connectivity index (χ2n) is 8.47. The molecule has 0 aromatic heterocycles. The van der Waals surface area contributed by atoms with Crippen molar-refractivity contribution in [1.29, 1.82) is 0 Å². The lowest BCUT2D eigenvalue weighted by Crippen LogP contribution is -2.45. The van der Waals surface area contributed by atoms with Gasteiger partial charge in [0, 0.05) is 25.7 Å². The number of ether oxygens (including phenoxy) is 2. The zero-order valence-corrected chi connectivity index (χ0v) is 19.1. The number of sulfonamides is 1. The van der Waals surface area contributed by atoms with Crippen LogP contribution < -0.4 is 9.47 Å². The number of fused-ring (bicyclic) bond motifs is 1. The van der Waals surface area contributed by atoms with Crippen LogP contribution in [0.25, 0.3) is 0 Å². The maximum atomic E-state index is 11.8. The Balaban J connectivity index is 1.66. The normalized spacial score (nSPS) is 21.2. The zero-order valence-electron chi connectivity index (χ0n) is 18.3. The van der Waals surface area contributed by atoms with Gasteiger partial charge in [-0.3, -0.25) is 4.90 Å². The standard InChI is InChI=1S/C22H36N2O4S/c1-5-10-23(16-17-8-11-24(12-9-17)29(4,25)26)20-7-6-18-14-21(27-2)22(28-3)15-19(18)13-20/h14-15,17,20H,5-13,16H2,1-4H3. The van der Waals surface area contributed by atoms with Crippen LogP contribution in [0, 0.1) is 5.92 Å². The molecule has 0 spiro atoms. The Kier molecular flexibility index (Phi) is 7.46. The number of piperidine rings is 1. The molecule has 1 unspecified atom stereocenters. The average molecular weight is 425 g/mol. The Morgan fingerprint density at radius 2 is 1.69 bits per heavy atom. The van der Waals surface area contributed by atoms with Crippen LogP contribution in [-0.4, -0.2) is 70.3 Å². The molecule has 0 saturated carbocycles. The predicted molar refractivity (Wildman–Crippen MR) is 116 cm³/mol. The molecule has 1 aromatic carbocycles. The summed E-state index contributed by atoms with van der Waals surface area (Å²) in [6, 6.07) is 4.82. The Labute approximate surface area is 176 Å². The van der Waals surface area contributed by atoms with E-state index in [0.29, 0.717) is 25.0 Å². The molecular formula is C22H36N2O4S. The molecule has 1 atom stereocenters. The molecule has 1 fully saturated rings. The number of nitrogens with zero attached hydrogens (tertiary/aromatic N) is 2. The van der Waals surface area contributed by atoms with Crippen LogP contribution in [0.15, 0.2) is 12.1 Å². The SMILES string of the molecule is CCCN(CC1CCN(S(C)(=O)=O)CC1)C1CCc2cc(OC)c(OC)cc2C1. The Hall–Kier alpha value is -1.31. The lowest BCUT2D eigenvalue weighted by molar-refractivity contribution is 0.129. The van der Waals surface area contributed by atoms with E-state index in [1.165, 1.54) is 17.4 Å². The minimum Gasteiger partial charge on any atom is -0.493 e. The highest BCUT2D eigenvalue weighted by atomic mass is 32.2. The van der Waals surface area contributed by atoms with Gasteiger partial charge in [-0.05, 0) is 74.2 Å². The van der Waals surface area contributed by atoms with E-state index in [0.717, 1.165) is 63.1 Å². The minimum absolute atomic E-state index is 0.536. The highest BCUT2D eigenvalue weighted by molar-refractivity contribution is 7.88. The van der Waals surface area contributed by atoms with E-state index in [1.54, 1.807) is 18.5 Å². The van der Waals surface area contributed by atoms with Gasteiger partial charge in [0.1, 0.15) is 0 Å². The molecule has 3 rings (SSSR count). The molecule has 6 nitrogen and oxygen atoms in total. The summed E-state index contributed by atoms with van der Waals surface area (Å²) in [5.74, 6) is 2.20. The fraction of sp³-hybridized carbons (Fsp3) is 0.727. The van der Waals surface area contributed by atoms with E-state index in [9.17, 15) is 8.42 Å². The summed E-state index contributed by atoms with van der Waals surface area (Å²) in [7, 11) is 0.323. The van der Waals surface area contributed by atoms with Crippen LogP contribution in [0.5, 0.6) is 11.5 Å². The lowest BCUT2D eigenvalue weighted by Gasteiger charge is -2.39. The smallest absolute Gasteiger partial charge is 0.211 e. The average Bonchev–Trinajstić information content (AvgIpc) is 2.71. The van der Waals surface area contributed by atoms with Gasteiger partial charge in [0.25, 0.3) is 0 Å². The third kappa shape index (κ3) is 5.44. The van der Waals surface area contributed by atoms with Gasteiger partial charge in [0.05, 0.1) is 20.5 Å². The molecule has 1 aromatic rings. The largest absolute Gasteiger partial charge is 0.493 e. The first-order valence-electron chi connectivity index (χ1n) is 10.8. The molecule has 7 heteroatoms. The van der Waals surface area contributed by atoms with Crippen molar-refractivity contribution in [1.82, 2.24) is 9.21 Å². The summed E-state index contributed by atoms with van der Waals surface area (Å²) in [5.41, 5.74) is 2.74. The molecular weight excluding hydrogens is 388 g/mol. The quantitative estimate of drug-likeness (QED) is 0.642. The predicted octanol–water partition coefficient (Wildman–Crippen LogP) is 2.94. The van der Waals surface area contributed by atoms with Gasteiger partial charge in [-0.25, -0.2) is 12.7 Å². The van der Waals surface area contributed by atoms with E-state index in [1.807, 2.05) is 0 Å². The molecule has 0 N–H and O–H groups in total. The molecule has 164 valence electrons. The third-order valence-electron chi connectivity index (χ3n) is 6.47. The Morgan fingerprint density at radius 3 is 2.24 bits per heavy atom. The fourth-order valence-electron chi connectivity index (χ4n) is 4.84. The summed E-state index contributed by atoms with van der Waals surface area (Å²) < 4.78 is 36.2. The van der Waals surface area contributed by atoms with Gasteiger partial charge < -0.3 is 9.47 Å². The van der Waals surface area contributed by atoms with Gasteiger partial charge in [-0.15, -0.1) is 0 Å². The molecule has 1 aliphatic carbocycles. The Morgan fingerprint density at radius 1 is 1.07 bits per heavy atom. The molecule has 0 bridgehead atoms. The highest BCUT2D eigenvalue weighted by Gasteiger charge is 2.30. The van der Waals surface area contributed by atoms with E-state index < -0.39 is 10.0 Å². The van der Waals surface area contributed by atoms with E-state index >= 15 is 0 Å².